The molecule has 1 atom stereocenters. The molecule has 3 saturated heterocycles. The molecular weight excluding hydrogens is 240 g/mol. The van der Waals surface area contributed by atoms with Gasteiger partial charge in [0.05, 0.1) is 19.7 Å². The lowest BCUT2D eigenvalue weighted by Gasteiger charge is -2.49. The summed E-state index contributed by atoms with van der Waals surface area (Å²) in [6, 6.07) is 0.614. The number of hydrogen-bond acceptors (Lipinski definition) is 3. The summed E-state index contributed by atoms with van der Waals surface area (Å²) in [5, 5.41) is 0. The minimum Gasteiger partial charge on any atom is -0.370 e. The van der Waals surface area contributed by atoms with Crippen LogP contribution in [0.3, 0.4) is 0 Å². The highest BCUT2D eigenvalue weighted by Gasteiger charge is 2.53. The molecule has 0 N–H and O–H groups in total. The van der Waals surface area contributed by atoms with Crippen molar-refractivity contribution in [3.63, 3.8) is 0 Å². The number of likely N-dealkylation sites (tertiary alicyclic amines) is 2. The Hall–Kier alpha value is -0.610. The van der Waals surface area contributed by atoms with Gasteiger partial charge in [0.2, 0.25) is 5.91 Å². The Morgan fingerprint density at radius 3 is 2.47 bits per heavy atom. The van der Waals surface area contributed by atoms with Crippen LogP contribution < -0.4 is 0 Å². The van der Waals surface area contributed by atoms with E-state index in [0.717, 1.165) is 39.0 Å². The third-order valence-corrected chi connectivity index (χ3v) is 5.57. The van der Waals surface area contributed by atoms with Crippen LogP contribution >= 0.6 is 0 Å². The average Bonchev–Trinajstić information content (AvgIpc) is 2.93. The van der Waals surface area contributed by atoms with Gasteiger partial charge in [0, 0.05) is 12.0 Å². The summed E-state index contributed by atoms with van der Waals surface area (Å²) in [5.41, 5.74) is 0.0205. The maximum Gasteiger partial charge on any atom is 0.225 e. The first-order valence-electron chi connectivity index (χ1n) is 7.93. The molecule has 1 spiro atoms. The van der Waals surface area contributed by atoms with Crippen molar-refractivity contribution >= 4 is 5.91 Å². The molecule has 1 saturated carbocycles. The number of nitrogens with zero attached hydrogens (tertiary/aromatic N) is 2. The average molecular weight is 264 g/mol. The van der Waals surface area contributed by atoms with Crippen molar-refractivity contribution in [2.24, 2.45) is 5.92 Å². The highest BCUT2D eigenvalue weighted by atomic mass is 16.5. The van der Waals surface area contributed by atoms with Crippen LogP contribution in [0.5, 0.6) is 0 Å². The van der Waals surface area contributed by atoms with Crippen LogP contribution in [0.4, 0.5) is 0 Å². The van der Waals surface area contributed by atoms with Crippen LogP contribution in [-0.2, 0) is 9.53 Å². The van der Waals surface area contributed by atoms with Crippen molar-refractivity contribution in [2.75, 3.05) is 32.8 Å². The van der Waals surface area contributed by atoms with Gasteiger partial charge in [-0.25, -0.2) is 0 Å². The maximum absolute atomic E-state index is 12.1. The molecule has 0 aromatic rings. The molecule has 0 radical (unpaired) electrons. The smallest absolute Gasteiger partial charge is 0.225 e. The van der Waals surface area contributed by atoms with Gasteiger partial charge < -0.3 is 9.64 Å². The van der Waals surface area contributed by atoms with Crippen LogP contribution in [0.1, 0.15) is 38.5 Å². The molecule has 1 amide bonds. The number of ether oxygens (including phenoxy) is 1. The zero-order valence-corrected chi connectivity index (χ0v) is 11.6. The standard InChI is InChI=1S/C15H24N2O2/c18-14(12-4-3-5-12)17-10-15(11-17)8-13(9-19-15)16-6-1-2-7-16/h12-13H,1-11H2. The zero-order valence-electron chi connectivity index (χ0n) is 11.6. The van der Waals surface area contributed by atoms with E-state index in [9.17, 15) is 4.79 Å². The van der Waals surface area contributed by atoms with E-state index in [1.54, 1.807) is 0 Å². The summed E-state index contributed by atoms with van der Waals surface area (Å²) in [7, 11) is 0. The Morgan fingerprint density at radius 1 is 1.11 bits per heavy atom. The molecule has 0 aromatic carbocycles. The predicted octanol–water partition coefficient (Wildman–Crippen LogP) is 1.25. The molecule has 4 nitrogen and oxygen atoms in total. The SMILES string of the molecule is O=C(C1CCC1)N1CC2(CC(N3CCCC3)CO2)C1. The number of carbonyl (C=O) groups excluding carboxylic acids is 1. The topological polar surface area (TPSA) is 32.8 Å². The van der Waals surface area contributed by atoms with E-state index in [2.05, 4.69) is 4.90 Å². The summed E-state index contributed by atoms with van der Waals surface area (Å²) >= 11 is 0. The molecule has 106 valence electrons. The fourth-order valence-electron chi connectivity index (χ4n) is 4.10. The molecule has 4 heteroatoms. The fourth-order valence-corrected chi connectivity index (χ4v) is 4.10. The molecule has 4 rings (SSSR count). The van der Waals surface area contributed by atoms with Gasteiger partial charge in [-0.05, 0) is 45.2 Å². The molecule has 0 bridgehead atoms. The Balaban J connectivity index is 1.31. The first-order chi connectivity index (χ1) is 9.26. The third-order valence-electron chi connectivity index (χ3n) is 5.57. The number of rotatable bonds is 2. The Kier molecular flexibility index (Phi) is 2.85. The molecule has 1 unspecified atom stereocenters. The van der Waals surface area contributed by atoms with E-state index in [4.69, 9.17) is 4.74 Å². The van der Waals surface area contributed by atoms with E-state index < -0.39 is 0 Å². The molecule has 1 aliphatic carbocycles. The lowest BCUT2D eigenvalue weighted by atomic mass is 9.81. The van der Waals surface area contributed by atoms with Gasteiger partial charge >= 0.3 is 0 Å². The van der Waals surface area contributed by atoms with Gasteiger partial charge in [0.25, 0.3) is 0 Å². The summed E-state index contributed by atoms with van der Waals surface area (Å²) in [6.07, 6.45) is 7.29. The Bertz CT molecular complexity index is 368. The normalized spacial score (nSPS) is 34.5. The van der Waals surface area contributed by atoms with Crippen LogP contribution in [0, 0.1) is 5.92 Å². The fraction of sp³-hybridized carbons (Fsp3) is 0.933. The number of hydrogen-bond donors (Lipinski definition) is 0. The zero-order chi connectivity index (χ0) is 12.9. The first kappa shape index (κ1) is 12.2. The quantitative estimate of drug-likeness (QED) is 0.752. The summed E-state index contributed by atoms with van der Waals surface area (Å²) in [4.78, 5) is 16.8. The summed E-state index contributed by atoms with van der Waals surface area (Å²) in [5.74, 6) is 0.734. The lowest BCUT2D eigenvalue weighted by Crippen LogP contribution is -2.64. The second kappa shape index (κ2) is 4.45. The van der Waals surface area contributed by atoms with Crippen LogP contribution in [0.2, 0.25) is 0 Å². The van der Waals surface area contributed by atoms with Gasteiger partial charge in [0.15, 0.2) is 0 Å². The van der Waals surface area contributed by atoms with Crippen LogP contribution in [0.15, 0.2) is 0 Å². The molecule has 4 aliphatic rings. The largest absolute Gasteiger partial charge is 0.370 e. The van der Waals surface area contributed by atoms with Crippen molar-refractivity contribution in [1.82, 2.24) is 9.80 Å². The van der Waals surface area contributed by atoms with Crippen molar-refractivity contribution in [1.29, 1.82) is 0 Å². The molecule has 0 aromatic heterocycles. The summed E-state index contributed by atoms with van der Waals surface area (Å²) < 4.78 is 6.08. The maximum atomic E-state index is 12.1. The highest BCUT2D eigenvalue weighted by molar-refractivity contribution is 5.80. The minimum atomic E-state index is 0.0205. The number of carbonyl (C=O) groups is 1. The second-order valence-electron chi connectivity index (χ2n) is 6.92. The van der Waals surface area contributed by atoms with E-state index in [-0.39, 0.29) is 5.60 Å². The highest BCUT2D eigenvalue weighted by Crippen LogP contribution is 2.40. The first-order valence-corrected chi connectivity index (χ1v) is 7.93. The van der Waals surface area contributed by atoms with Gasteiger partial charge in [0.1, 0.15) is 5.60 Å². The third kappa shape index (κ3) is 2.00. The lowest BCUT2D eigenvalue weighted by molar-refractivity contribution is -0.164. The molecule has 4 fully saturated rings. The van der Waals surface area contributed by atoms with Crippen LogP contribution in [0.25, 0.3) is 0 Å². The molecule has 3 aliphatic heterocycles. The van der Waals surface area contributed by atoms with Crippen molar-refractivity contribution in [3.8, 4) is 0 Å². The van der Waals surface area contributed by atoms with E-state index in [1.165, 1.54) is 32.4 Å². The van der Waals surface area contributed by atoms with Gasteiger partial charge in [-0.2, -0.15) is 0 Å². The number of amides is 1. The van der Waals surface area contributed by atoms with Crippen molar-refractivity contribution < 1.29 is 9.53 Å². The Morgan fingerprint density at radius 2 is 1.84 bits per heavy atom. The van der Waals surface area contributed by atoms with Crippen molar-refractivity contribution in [3.05, 3.63) is 0 Å². The molecule has 19 heavy (non-hydrogen) atoms. The predicted molar refractivity (Wildman–Crippen MR) is 71.8 cm³/mol. The molecule has 3 heterocycles. The second-order valence-corrected chi connectivity index (χ2v) is 6.92. The van der Waals surface area contributed by atoms with Gasteiger partial charge in [-0.1, -0.05) is 6.42 Å². The Labute approximate surface area is 115 Å². The van der Waals surface area contributed by atoms with Gasteiger partial charge in [-0.3, -0.25) is 9.69 Å². The van der Waals surface area contributed by atoms with Crippen molar-refractivity contribution in [2.45, 2.75) is 50.2 Å². The summed E-state index contributed by atoms with van der Waals surface area (Å²) in [6.45, 7) is 5.08. The van der Waals surface area contributed by atoms with E-state index in [1.807, 2.05) is 4.90 Å². The molecular formula is C15H24N2O2. The monoisotopic (exact) mass is 264 g/mol. The van der Waals surface area contributed by atoms with E-state index >= 15 is 0 Å². The minimum absolute atomic E-state index is 0.0205. The van der Waals surface area contributed by atoms with Crippen LogP contribution in [-0.4, -0.2) is 60.1 Å². The van der Waals surface area contributed by atoms with Gasteiger partial charge in [-0.15, -0.1) is 0 Å². The van der Waals surface area contributed by atoms with E-state index in [0.29, 0.717) is 17.9 Å².